The molecule has 0 unspecified atom stereocenters. The minimum atomic E-state index is -0.355. The van der Waals surface area contributed by atoms with Crippen LogP contribution in [0.25, 0.3) is 0 Å². The van der Waals surface area contributed by atoms with Crippen molar-refractivity contribution in [2.75, 3.05) is 6.54 Å². The van der Waals surface area contributed by atoms with E-state index >= 15 is 0 Å². The van der Waals surface area contributed by atoms with Crippen molar-refractivity contribution in [1.29, 1.82) is 0 Å². The van der Waals surface area contributed by atoms with Crippen LogP contribution in [0.1, 0.15) is 13.8 Å². The third kappa shape index (κ3) is 4.75. The van der Waals surface area contributed by atoms with E-state index in [1.54, 1.807) is 31.2 Å². The van der Waals surface area contributed by atoms with Crippen LogP contribution in [0.4, 0.5) is 4.39 Å². The van der Waals surface area contributed by atoms with Crippen molar-refractivity contribution in [3.05, 3.63) is 59.6 Å². The molecule has 0 aliphatic carbocycles. The number of hydrogen-bond acceptors (Lipinski definition) is 2. The van der Waals surface area contributed by atoms with Gasteiger partial charge in [0.05, 0.1) is 0 Å². The zero-order valence-corrected chi connectivity index (χ0v) is 9.83. The van der Waals surface area contributed by atoms with Gasteiger partial charge >= 0.3 is 0 Å². The van der Waals surface area contributed by atoms with Gasteiger partial charge in [0.15, 0.2) is 0 Å². The SMILES string of the molecule is C=C/C(F)=C(\C=C/C)C(/C)=C/C=C(\N)CN. The smallest absolute Gasteiger partial charge is 0.130 e. The molecule has 0 saturated heterocycles. The van der Waals surface area contributed by atoms with Crippen molar-refractivity contribution >= 4 is 0 Å². The molecule has 0 aliphatic heterocycles. The lowest BCUT2D eigenvalue weighted by Crippen LogP contribution is -2.10. The van der Waals surface area contributed by atoms with Crippen molar-refractivity contribution in [1.82, 2.24) is 0 Å². The van der Waals surface area contributed by atoms with Crippen molar-refractivity contribution < 1.29 is 4.39 Å². The number of hydrogen-bond donors (Lipinski definition) is 2. The third-order valence-electron chi connectivity index (χ3n) is 1.98. The van der Waals surface area contributed by atoms with Crippen LogP contribution in [0.2, 0.25) is 0 Å². The Kier molecular flexibility index (Phi) is 6.88. The summed E-state index contributed by atoms with van der Waals surface area (Å²) < 4.78 is 13.4. The first-order valence-corrected chi connectivity index (χ1v) is 5.05. The predicted molar refractivity (Wildman–Crippen MR) is 68.2 cm³/mol. The molecule has 2 nitrogen and oxygen atoms in total. The molecule has 0 heterocycles. The van der Waals surface area contributed by atoms with Crippen molar-refractivity contribution in [3.8, 4) is 0 Å². The summed E-state index contributed by atoms with van der Waals surface area (Å²) >= 11 is 0. The highest BCUT2D eigenvalue weighted by Gasteiger charge is 2.01. The van der Waals surface area contributed by atoms with Gasteiger partial charge in [-0.15, -0.1) is 0 Å². The van der Waals surface area contributed by atoms with E-state index in [-0.39, 0.29) is 12.4 Å². The number of allylic oxidation sites excluding steroid dienone is 8. The van der Waals surface area contributed by atoms with E-state index in [1.807, 2.05) is 6.92 Å². The zero-order chi connectivity index (χ0) is 12.6. The van der Waals surface area contributed by atoms with E-state index in [0.717, 1.165) is 5.57 Å². The average molecular weight is 222 g/mol. The Bertz CT molecular complexity index is 360. The molecule has 3 heteroatoms. The lowest BCUT2D eigenvalue weighted by Gasteiger charge is -2.02. The van der Waals surface area contributed by atoms with Gasteiger partial charge in [0, 0.05) is 17.8 Å². The Hall–Kier alpha value is -1.61. The maximum atomic E-state index is 13.4. The molecule has 16 heavy (non-hydrogen) atoms. The Morgan fingerprint density at radius 2 is 2.00 bits per heavy atom. The van der Waals surface area contributed by atoms with Gasteiger partial charge in [0.25, 0.3) is 0 Å². The first-order chi connectivity index (χ1) is 7.56. The highest BCUT2D eigenvalue weighted by molar-refractivity contribution is 5.44. The lowest BCUT2D eigenvalue weighted by molar-refractivity contribution is 0.660. The molecule has 0 rings (SSSR count). The van der Waals surface area contributed by atoms with E-state index in [2.05, 4.69) is 6.58 Å². The topological polar surface area (TPSA) is 52.0 Å². The first kappa shape index (κ1) is 14.4. The van der Waals surface area contributed by atoms with E-state index in [9.17, 15) is 4.39 Å². The standard InChI is InChI=1S/C13H19FN2/c1-4-6-12(13(14)5-2)10(3)7-8-11(16)9-15/h4-8H,2,9,15-16H2,1,3H3/b6-4-,10-7+,11-8-,13-12-. The van der Waals surface area contributed by atoms with Crippen LogP contribution >= 0.6 is 0 Å². The van der Waals surface area contributed by atoms with Gasteiger partial charge in [-0.2, -0.15) is 0 Å². The molecule has 0 atom stereocenters. The summed E-state index contributed by atoms with van der Waals surface area (Å²) in [6.45, 7) is 7.32. The highest BCUT2D eigenvalue weighted by atomic mass is 19.1. The van der Waals surface area contributed by atoms with Gasteiger partial charge in [0.2, 0.25) is 0 Å². The molecule has 0 radical (unpaired) electrons. The fraction of sp³-hybridized carbons (Fsp3) is 0.231. The quantitative estimate of drug-likeness (QED) is 0.703. The fourth-order valence-corrected chi connectivity index (χ4v) is 1.07. The summed E-state index contributed by atoms with van der Waals surface area (Å²) in [5.74, 6) is -0.355. The first-order valence-electron chi connectivity index (χ1n) is 5.05. The van der Waals surface area contributed by atoms with Crippen LogP contribution in [0.15, 0.2) is 59.6 Å². The number of halogens is 1. The highest BCUT2D eigenvalue weighted by Crippen LogP contribution is 2.18. The molecular weight excluding hydrogens is 203 g/mol. The number of rotatable bonds is 5. The monoisotopic (exact) mass is 222 g/mol. The Morgan fingerprint density at radius 3 is 2.44 bits per heavy atom. The van der Waals surface area contributed by atoms with Crippen LogP contribution in [0.3, 0.4) is 0 Å². The van der Waals surface area contributed by atoms with Crippen molar-refractivity contribution in [2.45, 2.75) is 13.8 Å². The maximum Gasteiger partial charge on any atom is 0.130 e. The molecule has 0 aromatic heterocycles. The van der Waals surface area contributed by atoms with Gasteiger partial charge in [-0.1, -0.05) is 24.8 Å². The summed E-state index contributed by atoms with van der Waals surface area (Å²) in [4.78, 5) is 0. The van der Waals surface area contributed by atoms with E-state index < -0.39 is 0 Å². The second kappa shape index (κ2) is 7.65. The van der Waals surface area contributed by atoms with Crippen LogP contribution in [-0.4, -0.2) is 6.54 Å². The zero-order valence-electron chi connectivity index (χ0n) is 9.83. The molecule has 88 valence electrons. The molecule has 0 aromatic rings. The average Bonchev–Trinajstić information content (AvgIpc) is 2.31. The van der Waals surface area contributed by atoms with Gasteiger partial charge in [-0.05, 0) is 31.6 Å². The maximum absolute atomic E-state index is 13.4. The van der Waals surface area contributed by atoms with E-state index in [4.69, 9.17) is 11.5 Å². The van der Waals surface area contributed by atoms with Crippen molar-refractivity contribution in [3.63, 3.8) is 0 Å². The Balaban J connectivity index is 5.19. The summed E-state index contributed by atoms with van der Waals surface area (Å²) in [6, 6.07) is 0. The van der Waals surface area contributed by atoms with Crippen molar-refractivity contribution in [2.24, 2.45) is 11.5 Å². The van der Waals surface area contributed by atoms with Gasteiger partial charge in [-0.3, -0.25) is 0 Å². The molecule has 0 saturated carbocycles. The summed E-state index contributed by atoms with van der Waals surface area (Å²) in [5, 5.41) is 0. The molecular formula is C13H19FN2. The lowest BCUT2D eigenvalue weighted by atomic mass is 10.1. The molecule has 0 bridgehead atoms. The minimum absolute atomic E-state index is 0.288. The van der Waals surface area contributed by atoms with Gasteiger partial charge in [0.1, 0.15) is 5.83 Å². The second-order valence-corrected chi connectivity index (χ2v) is 3.26. The Labute approximate surface area is 96.5 Å². The fourth-order valence-electron chi connectivity index (χ4n) is 1.07. The number of nitrogens with two attached hydrogens (primary N) is 2. The van der Waals surface area contributed by atoms with Crippen LogP contribution in [-0.2, 0) is 0 Å². The van der Waals surface area contributed by atoms with E-state index in [0.29, 0.717) is 11.3 Å². The normalized spacial score (nSPS) is 15.2. The molecule has 0 spiro atoms. The minimum Gasteiger partial charge on any atom is -0.401 e. The van der Waals surface area contributed by atoms with Gasteiger partial charge < -0.3 is 11.5 Å². The Morgan fingerprint density at radius 1 is 1.38 bits per heavy atom. The van der Waals surface area contributed by atoms with Crippen LogP contribution in [0, 0.1) is 0 Å². The largest absolute Gasteiger partial charge is 0.401 e. The summed E-state index contributed by atoms with van der Waals surface area (Å²) in [5.41, 5.74) is 12.7. The predicted octanol–water partition coefficient (Wildman–Crippen LogP) is 2.72. The van der Waals surface area contributed by atoms with Crippen LogP contribution < -0.4 is 11.5 Å². The van der Waals surface area contributed by atoms with E-state index in [1.165, 1.54) is 6.08 Å². The third-order valence-corrected chi connectivity index (χ3v) is 1.98. The molecule has 0 aromatic carbocycles. The molecule has 0 aliphatic rings. The van der Waals surface area contributed by atoms with Gasteiger partial charge in [-0.25, -0.2) is 4.39 Å². The van der Waals surface area contributed by atoms with Crippen LogP contribution in [0.5, 0.6) is 0 Å². The summed E-state index contributed by atoms with van der Waals surface area (Å²) in [7, 11) is 0. The molecule has 0 amide bonds. The second-order valence-electron chi connectivity index (χ2n) is 3.26. The molecule has 0 fully saturated rings. The summed E-state index contributed by atoms with van der Waals surface area (Å²) in [6.07, 6.45) is 8.06. The molecule has 4 N–H and O–H groups in total.